The van der Waals surface area contributed by atoms with Crippen LogP contribution in [0.3, 0.4) is 0 Å². The van der Waals surface area contributed by atoms with E-state index in [-0.39, 0.29) is 42.7 Å². The fourth-order valence-corrected chi connectivity index (χ4v) is 5.18. The number of fused-ring (bicyclic) bond motifs is 1. The van der Waals surface area contributed by atoms with Gasteiger partial charge in [-0.25, -0.2) is 9.18 Å². The first-order valence-electron chi connectivity index (χ1n) is 12.2. The number of nitrogens with one attached hydrogen (secondary N) is 3. The zero-order valence-corrected chi connectivity index (χ0v) is 21.4. The molecule has 1 saturated heterocycles. The number of H-pyrrole nitrogens is 1. The maximum absolute atomic E-state index is 15.7. The Bertz CT molecular complexity index is 1390. The van der Waals surface area contributed by atoms with Crippen molar-refractivity contribution in [2.75, 3.05) is 18.4 Å². The van der Waals surface area contributed by atoms with E-state index in [4.69, 9.17) is 0 Å². The molecule has 0 aliphatic carbocycles. The van der Waals surface area contributed by atoms with Gasteiger partial charge in [0, 0.05) is 30.0 Å². The van der Waals surface area contributed by atoms with Crippen LogP contribution in [0.25, 0.3) is 10.9 Å². The number of hydrogen-bond donors (Lipinski definition) is 4. The number of carboxylic acid groups (broad SMARTS) is 1. The summed E-state index contributed by atoms with van der Waals surface area (Å²) in [5.74, 6) is 0.231. The molecule has 2 atom stereocenters. The zero-order chi connectivity index (χ0) is 27.0. The van der Waals surface area contributed by atoms with Crippen molar-refractivity contribution in [2.45, 2.75) is 63.8 Å². The normalized spacial score (nSPS) is 20.2. The van der Waals surface area contributed by atoms with E-state index in [9.17, 15) is 20.0 Å². The standard InChI is InChI=1S/C26H32FN7O3/c1-16(2)31-25(3,4)17-5-7-18(8-6-17)30-22-21-19(9-13-29-23(21)35)34(32-22)26(10-12-28)11-14-33(24(36)37)15-20(26)27/h5-9,13,16,20,31H,10-11,14-15H2,1-4H3,(H,29,35)(H,30,32)(H,36,37). The van der Waals surface area contributed by atoms with E-state index in [2.05, 4.69) is 48.4 Å². The van der Waals surface area contributed by atoms with Gasteiger partial charge >= 0.3 is 6.09 Å². The second kappa shape index (κ2) is 9.86. The Morgan fingerprint density at radius 1 is 1.35 bits per heavy atom. The Balaban J connectivity index is 1.75. The Morgan fingerprint density at radius 3 is 2.65 bits per heavy atom. The second-order valence-corrected chi connectivity index (χ2v) is 10.3. The molecule has 4 rings (SSSR count). The van der Waals surface area contributed by atoms with Crippen LogP contribution in [0.2, 0.25) is 0 Å². The summed E-state index contributed by atoms with van der Waals surface area (Å²) in [4.78, 5) is 27.9. The third-order valence-corrected chi connectivity index (χ3v) is 6.98. The largest absolute Gasteiger partial charge is 0.465 e. The van der Waals surface area contributed by atoms with Gasteiger partial charge in [-0.3, -0.25) is 9.48 Å². The van der Waals surface area contributed by atoms with Crippen LogP contribution in [-0.4, -0.2) is 56.2 Å². The summed E-state index contributed by atoms with van der Waals surface area (Å²) in [7, 11) is 0. The topological polar surface area (TPSA) is 139 Å². The lowest BCUT2D eigenvalue weighted by Crippen LogP contribution is -2.56. The van der Waals surface area contributed by atoms with Crippen LogP contribution in [0.1, 0.15) is 46.1 Å². The first kappa shape index (κ1) is 26.2. The first-order chi connectivity index (χ1) is 17.5. The molecular formula is C26H32FN7O3. The summed E-state index contributed by atoms with van der Waals surface area (Å²) in [6, 6.07) is 11.7. The van der Waals surface area contributed by atoms with Gasteiger partial charge in [-0.1, -0.05) is 26.0 Å². The number of nitrogens with zero attached hydrogens (tertiary/aromatic N) is 4. The fourth-order valence-electron chi connectivity index (χ4n) is 5.18. The maximum Gasteiger partial charge on any atom is 0.407 e. The number of anilines is 2. The lowest BCUT2D eigenvalue weighted by molar-refractivity contribution is 0.0170. The fraction of sp³-hybridized carbons (Fsp3) is 0.462. The molecule has 3 aromatic rings. The monoisotopic (exact) mass is 509 g/mol. The number of amides is 1. The maximum atomic E-state index is 15.7. The number of pyridine rings is 1. The number of hydrogen-bond acceptors (Lipinski definition) is 6. The van der Waals surface area contributed by atoms with Crippen LogP contribution in [0, 0.1) is 11.3 Å². The predicted octanol–water partition coefficient (Wildman–Crippen LogP) is 4.03. The number of alkyl halides is 1. The molecule has 1 amide bonds. The Labute approximate surface area is 214 Å². The number of carbonyl (C=O) groups is 1. The van der Waals surface area contributed by atoms with Crippen molar-refractivity contribution in [3.8, 4) is 6.07 Å². The van der Waals surface area contributed by atoms with Crippen LogP contribution in [-0.2, 0) is 11.1 Å². The molecule has 4 N–H and O–H groups in total. The minimum absolute atomic E-state index is 0.0453. The van der Waals surface area contributed by atoms with Crippen LogP contribution in [0.15, 0.2) is 41.3 Å². The predicted molar refractivity (Wildman–Crippen MR) is 139 cm³/mol. The molecule has 1 fully saturated rings. The number of piperidine rings is 1. The van der Waals surface area contributed by atoms with Crippen molar-refractivity contribution in [2.24, 2.45) is 0 Å². The van der Waals surface area contributed by atoms with E-state index in [0.717, 1.165) is 10.5 Å². The minimum Gasteiger partial charge on any atom is -0.465 e. The molecule has 11 heteroatoms. The highest BCUT2D eigenvalue weighted by Crippen LogP contribution is 2.39. The van der Waals surface area contributed by atoms with Crippen molar-refractivity contribution >= 4 is 28.5 Å². The highest BCUT2D eigenvalue weighted by molar-refractivity contribution is 5.91. The molecule has 0 saturated carbocycles. The van der Waals surface area contributed by atoms with Crippen molar-refractivity contribution in [3.63, 3.8) is 0 Å². The lowest BCUT2D eigenvalue weighted by Gasteiger charge is -2.42. The van der Waals surface area contributed by atoms with Crippen LogP contribution in [0.5, 0.6) is 0 Å². The summed E-state index contributed by atoms with van der Waals surface area (Å²) in [6.45, 7) is 8.04. The third-order valence-electron chi connectivity index (χ3n) is 6.98. The number of likely N-dealkylation sites (tertiary alicyclic amines) is 1. The molecule has 0 bridgehead atoms. The summed E-state index contributed by atoms with van der Waals surface area (Å²) < 4.78 is 17.1. The highest BCUT2D eigenvalue weighted by atomic mass is 19.1. The quantitative estimate of drug-likeness (QED) is 0.377. The van der Waals surface area contributed by atoms with Crippen LogP contribution < -0.4 is 16.2 Å². The van der Waals surface area contributed by atoms with E-state index in [0.29, 0.717) is 17.2 Å². The Morgan fingerprint density at radius 2 is 2.05 bits per heavy atom. The Kier molecular flexibility index (Phi) is 6.97. The summed E-state index contributed by atoms with van der Waals surface area (Å²) in [5, 5.41) is 30.5. The van der Waals surface area contributed by atoms with E-state index in [1.165, 1.54) is 10.9 Å². The lowest BCUT2D eigenvalue weighted by atomic mass is 9.83. The molecular weight excluding hydrogens is 477 g/mol. The molecule has 2 unspecified atom stereocenters. The van der Waals surface area contributed by atoms with Gasteiger partial charge in [-0.15, -0.1) is 0 Å². The molecule has 1 aliphatic heterocycles. The third kappa shape index (κ3) is 4.89. The number of nitriles is 1. The molecule has 2 aromatic heterocycles. The number of benzene rings is 1. The molecule has 0 radical (unpaired) electrons. The van der Waals surface area contributed by atoms with E-state index < -0.39 is 23.4 Å². The molecule has 1 aliphatic rings. The number of aromatic amines is 1. The molecule has 3 heterocycles. The number of rotatable bonds is 7. The van der Waals surface area contributed by atoms with Crippen LogP contribution in [0.4, 0.5) is 20.7 Å². The molecule has 1 aromatic carbocycles. The van der Waals surface area contributed by atoms with E-state index in [1.807, 2.05) is 30.3 Å². The second-order valence-electron chi connectivity index (χ2n) is 10.3. The van der Waals surface area contributed by atoms with Gasteiger partial charge in [0.15, 0.2) is 5.82 Å². The molecule has 0 spiro atoms. The van der Waals surface area contributed by atoms with Gasteiger partial charge < -0.3 is 25.6 Å². The summed E-state index contributed by atoms with van der Waals surface area (Å²) in [6.07, 6.45) is -1.64. The zero-order valence-electron chi connectivity index (χ0n) is 21.4. The Hall–Kier alpha value is -3.91. The number of aromatic nitrogens is 3. The molecule has 196 valence electrons. The van der Waals surface area contributed by atoms with Crippen LogP contribution >= 0.6 is 0 Å². The van der Waals surface area contributed by atoms with Crippen molar-refractivity contribution in [1.29, 1.82) is 5.26 Å². The summed E-state index contributed by atoms with van der Waals surface area (Å²) in [5.41, 5.74) is 0.0674. The van der Waals surface area contributed by atoms with Crippen molar-refractivity contribution in [1.82, 2.24) is 25.0 Å². The average molecular weight is 510 g/mol. The van der Waals surface area contributed by atoms with Crippen molar-refractivity contribution < 1.29 is 14.3 Å². The van der Waals surface area contributed by atoms with Gasteiger partial charge in [-0.2, -0.15) is 10.4 Å². The molecule has 10 nitrogen and oxygen atoms in total. The SMILES string of the molecule is CC(C)NC(C)(C)c1ccc(Nc2nn(C3(CC#N)CCN(C(=O)O)CC3F)c3cc[nH]c(=O)c23)cc1. The van der Waals surface area contributed by atoms with Gasteiger partial charge in [0.2, 0.25) is 0 Å². The van der Waals surface area contributed by atoms with Gasteiger partial charge in [0.25, 0.3) is 5.56 Å². The minimum atomic E-state index is -1.69. The van der Waals surface area contributed by atoms with Gasteiger partial charge in [0.05, 0.1) is 24.6 Å². The van der Waals surface area contributed by atoms with E-state index in [1.54, 1.807) is 6.07 Å². The molecule has 37 heavy (non-hydrogen) atoms. The van der Waals surface area contributed by atoms with Gasteiger partial charge in [0.1, 0.15) is 17.1 Å². The average Bonchev–Trinajstić information content (AvgIpc) is 3.20. The van der Waals surface area contributed by atoms with Crippen molar-refractivity contribution in [3.05, 3.63) is 52.4 Å². The van der Waals surface area contributed by atoms with Gasteiger partial charge in [-0.05, 0) is 44.0 Å². The van der Waals surface area contributed by atoms with E-state index >= 15 is 4.39 Å². The number of halogens is 1. The first-order valence-corrected chi connectivity index (χ1v) is 12.2. The summed E-state index contributed by atoms with van der Waals surface area (Å²) >= 11 is 0. The highest BCUT2D eigenvalue weighted by Gasteiger charge is 2.48. The smallest absolute Gasteiger partial charge is 0.407 e.